The Kier molecular flexibility index (Phi) is 6.18. The normalized spacial score (nSPS) is 10.2. The summed E-state index contributed by atoms with van der Waals surface area (Å²) in [6.07, 6.45) is 1.86. The van der Waals surface area contributed by atoms with Crippen LogP contribution >= 0.6 is 23.7 Å². The number of rotatable bonds is 6. The van der Waals surface area contributed by atoms with Gasteiger partial charge in [0.1, 0.15) is 0 Å². The summed E-state index contributed by atoms with van der Waals surface area (Å²) < 4.78 is 5.03. The molecule has 0 atom stereocenters. The average Bonchev–Trinajstić information content (AvgIpc) is 2.89. The van der Waals surface area contributed by atoms with Crippen molar-refractivity contribution < 1.29 is 4.52 Å². The fourth-order valence-electron chi connectivity index (χ4n) is 1.43. The number of hydrogen-bond donors (Lipinski definition) is 1. The Morgan fingerprint density at radius 1 is 1.47 bits per heavy atom. The largest absolute Gasteiger partial charge is 0.339 e. The molecule has 0 spiro atoms. The number of hydrogen-bond acceptors (Lipinski definition) is 5. The maximum Gasteiger partial charge on any atom is 0.226 e. The molecule has 2 aromatic heterocycles. The quantitative estimate of drug-likeness (QED) is 0.822. The summed E-state index contributed by atoms with van der Waals surface area (Å²) in [5.74, 6) is 1.44. The van der Waals surface area contributed by atoms with Gasteiger partial charge in [0.25, 0.3) is 0 Å². The molecule has 2 aromatic rings. The third kappa shape index (κ3) is 4.85. The molecule has 0 saturated heterocycles. The van der Waals surface area contributed by atoms with E-state index in [0.29, 0.717) is 5.82 Å². The molecule has 2 heterocycles. The second-order valence-electron chi connectivity index (χ2n) is 3.65. The highest BCUT2D eigenvalue weighted by molar-refractivity contribution is 7.07. The molecular weight excluding hydrogens is 258 g/mol. The van der Waals surface area contributed by atoms with Crippen LogP contribution in [0.2, 0.25) is 0 Å². The highest BCUT2D eigenvalue weighted by Crippen LogP contribution is 2.05. The minimum absolute atomic E-state index is 0. The topological polar surface area (TPSA) is 51.0 Å². The van der Waals surface area contributed by atoms with E-state index in [1.165, 1.54) is 5.56 Å². The zero-order valence-electron chi connectivity index (χ0n) is 9.68. The minimum atomic E-state index is 0. The molecule has 6 heteroatoms. The van der Waals surface area contributed by atoms with Gasteiger partial charge in [0.05, 0.1) is 0 Å². The van der Waals surface area contributed by atoms with Crippen LogP contribution in [-0.4, -0.2) is 16.7 Å². The van der Waals surface area contributed by atoms with E-state index in [2.05, 4.69) is 32.3 Å². The van der Waals surface area contributed by atoms with Gasteiger partial charge in [-0.15, -0.1) is 12.4 Å². The van der Waals surface area contributed by atoms with Gasteiger partial charge in [-0.2, -0.15) is 16.3 Å². The zero-order chi connectivity index (χ0) is 11.2. The van der Waals surface area contributed by atoms with Crippen LogP contribution < -0.4 is 5.32 Å². The van der Waals surface area contributed by atoms with Crippen molar-refractivity contribution in [3.8, 4) is 0 Å². The lowest BCUT2D eigenvalue weighted by molar-refractivity contribution is 0.371. The van der Waals surface area contributed by atoms with Crippen molar-refractivity contribution in [2.75, 3.05) is 6.54 Å². The minimum Gasteiger partial charge on any atom is -0.339 e. The molecule has 4 nitrogen and oxygen atoms in total. The van der Waals surface area contributed by atoms with Gasteiger partial charge in [-0.05, 0) is 42.3 Å². The number of nitrogens with zero attached hydrogens (tertiary/aromatic N) is 2. The molecular formula is C11H16ClN3OS. The maximum absolute atomic E-state index is 5.03. The number of thiophene rings is 1. The first kappa shape index (κ1) is 14.2. The summed E-state index contributed by atoms with van der Waals surface area (Å²) in [6.45, 7) is 3.74. The molecule has 0 amide bonds. The van der Waals surface area contributed by atoms with Crippen LogP contribution in [0.25, 0.3) is 0 Å². The summed E-state index contributed by atoms with van der Waals surface area (Å²) in [5, 5.41) is 11.4. The SMILES string of the molecule is Cc1noc(CCCNCc2ccsc2)n1.Cl. The summed E-state index contributed by atoms with van der Waals surface area (Å²) in [4.78, 5) is 4.15. The lowest BCUT2D eigenvalue weighted by atomic mass is 10.3. The van der Waals surface area contributed by atoms with E-state index in [9.17, 15) is 0 Å². The highest BCUT2D eigenvalue weighted by atomic mass is 35.5. The summed E-state index contributed by atoms with van der Waals surface area (Å²) in [6, 6.07) is 2.14. The molecule has 0 aromatic carbocycles. The lowest BCUT2D eigenvalue weighted by Crippen LogP contribution is -2.14. The lowest BCUT2D eigenvalue weighted by Gasteiger charge is -2.00. The Hall–Kier alpha value is -0.910. The Balaban J connectivity index is 0.00000144. The number of aryl methyl sites for hydroxylation is 2. The molecule has 2 rings (SSSR count). The fraction of sp³-hybridized carbons (Fsp3) is 0.455. The van der Waals surface area contributed by atoms with E-state index in [4.69, 9.17) is 4.52 Å². The van der Waals surface area contributed by atoms with Gasteiger partial charge in [0.2, 0.25) is 5.89 Å². The van der Waals surface area contributed by atoms with Crippen molar-refractivity contribution in [3.05, 3.63) is 34.1 Å². The van der Waals surface area contributed by atoms with Crippen LogP contribution in [0.5, 0.6) is 0 Å². The van der Waals surface area contributed by atoms with Crippen LogP contribution in [0, 0.1) is 6.92 Å². The van der Waals surface area contributed by atoms with Crippen molar-refractivity contribution in [1.82, 2.24) is 15.5 Å². The molecule has 0 aliphatic carbocycles. The maximum atomic E-state index is 5.03. The third-order valence-electron chi connectivity index (χ3n) is 2.22. The van der Waals surface area contributed by atoms with Crippen molar-refractivity contribution in [3.63, 3.8) is 0 Å². The van der Waals surface area contributed by atoms with E-state index in [1.807, 2.05) is 6.92 Å². The van der Waals surface area contributed by atoms with Crippen LogP contribution in [-0.2, 0) is 13.0 Å². The van der Waals surface area contributed by atoms with E-state index in [-0.39, 0.29) is 12.4 Å². The summed E-state index contributed by atoms with van der Waals surface area (Å²) in [5.41, 5.74) is 1.35. The zero-order valence-corrected chi connectivity index (χ0v) is 11.3. The van der Waals surface area contributed by atoms with Crippen LogP contribution in [0.15, 0.2) is 21.3 Å². The van der Waals surface area contributed by atoms with Gasteiger partial charge in [0.15, 0.2) is 5.82 Å². The fourth-order valence-corrected chi connectivity index (χ4v) is 2.10. The Labute approximate surface area is 111 Å². The van der Waals surface area contributed by atoms with Crippen LogP contribution in [0.4, 0.5) is 0 Å². The summed E-state index contributed by atoms with van der Waals surface area (Å²) >= 11 is 1.73. The molecule has 1 N–H and O–H groups in total. The van der Waals surface area contributed by atoms with E-state index in [0.717, 1.165) is 31.8 Å². The van der Waals surface area contributed by atoms with Crippen LogP contribution in [0.3, 0.4) is 0 Å². The molecule has 94 valence electrons. The molecule has 0 fully saturated rings. The molecule has 0 aliphatic rings. The molecule has 0 aliphatic heterocycles. The van der Waals surface area contributed by atoms with Gasteiger partial charge >= 0.3 is 0 Å². The first-order chi connectivity index (χ1) is 7.84. The van der Waals surface area contributed by atoms with E-state index in [1.54, 1.807) is 11.3 Å². The Morgan fingerprint density at radius 3 is 3.00 bits per heavy atom. The number of nitrogens with one attached hydrogen (secondary N) is 1. The Bertz CT molecular complexity index is 416. The second-order valence-corrected chi connectivity index (χ2v) is 4.43. The predicted molar refractivity (Wildman–Crippen MR) is 70.6 cm³/mol. The van der Waals surface area contributed by atoms with Crippen molar-refractivity contribution >= 4 is 23.7 Å². The Morgan fingerprint density at radius 2 is 2.35 bits per heavy atom. The molecule has 17 heavy (non-hydrogen) atoms. The smallest absolute Gasteiger partial charge is 0.226 e. The predicted octanol–water partition coefficient (Wildman–Crippen LogP) is 2.58. The van der Waals surface area contributed by atoms with Gasteiger partial charge in [0, 0.05) is 13.0 Å². The number of halogens is 1. The first-order valence-electron chi connectivity index (χ1n) is 5.35. The van der Waals surface area contributed by atoms with Crippen molar-refractivity contribution in [2.24, 2.45) is 0 Å². The second kappa shape index (κ2) is 7.42. The highest BCUT2D eigenvalue weighted by Gasteiger charge is 2.01. The molecule has 0 saturated carbocycles. The van der Waals surface area contributed by atoms with E-state index < -0.39 is 0 Å². The van der Waals surface area contributed by atoms with E-state index >= 15 is 0 Å². The molecule has 0 unspecified atom stereocenters. The summed E-state index contributed by atoms with van der Waals surface area (Å²) in [7, 11) is 0. The molecule has 0 radical (unpaired) electrons. The van der Waals surface area contributed by atoms with Crippen molar-refractivity contribution in [2.45, 2.75) is 26.3 Å². The number of aromatic nitrogens is 2. The monoisotopic (exact) mass is 273 g/mol. The van der Waals surface area contributed by atoms with Gasteiger partial charge in [-0.3, -0.25) is 0 Å². The van der Waals surface area contributed by atoms with Gasteiger partial charge in [-0.1, -0.05) is 5.16 Å². The van der Waals surface area contributed by atoms with Gasteiger partial charge in [-0.25, -0.2) is 0 Å². The standard InChI is InChI=1S/C11H15N3OS.ClH/c1-9-13-11(15-14-9)3-2-5-12-7-10-4-6-16-8-10;/h4,6,8,12H,2-3,5,7H2,1H3;1H. The average molecular weight is 274 g/mol. The molecule has 0 bridgehead atoms. The van der Waals surface area contributed by atoms with Crippen molar-refractivity contribution in [1.29, 1.82) is 0 Å². The first-order valence-corrected chi connectivity index (χ1v) is 6.30. The third-order valence-corrected chi connectivity index (χ3v) is 2.96. The van der Waals surface area contributed by atoms with Crippen LogP contribution in [0.1, 0.15) is 23.7 Å². The van der Waals surface area contributed by atoms with Gasteiger partial charge < -0.3 is 9.84 Å².